The van der Waals surface area contributed by atoms with E-state index in [1.807, 2.05) is 57.2 Å². The van der Waals surface area contributed by atoms with Gasteiger partial charge in [-0.15, -0.1) is 0 Å². The smallest absolute Gasteiger partial charge is 0.246 e. The van der Waals surface area contributed by atoms with E-state index in [0.29, 0.717) is 5.02 Å². The molecule has 5 heteroatoms. The molecule has 0 aliphatic rings. The number of hydrogen-bond acceptors (Lipinski definition) is 2. The monoisotopic (exact) mass is 380 g/mol. The van der Waals surface area contributed by atoms with Crippen molar-refractivity contribution in [2.24, 2.45) is 0 Å². The van der Waals surface area contributed by atoms with Crippen LogP contribution in [-0.2, 0) is 4.79 Å². The van der Waals surface area contributed by atoms with Gasteiger partial charge in [0.2, 0.25) is 5.91 Å². The molecular formula is C17H18BrClN2O. The second-order valence-corrected chi connectivity index (χ2v) is 6.56. The minimum absolute atomic E-state index is 0.110. The summed E-state index contributed by atoms with van der Waals surface area (Å²) in [5.74, 6) is -0.110. The Balaban J connectivity index is 2.04. The third-order valence-electron chi connectivity index (χ3n) is 3.33. The minimum atomic E-state index is -0.382. The number of hydrogen-bond donors (Lipinski definition) is 2. The van der Waals surface area contributed by atoms with E-state index in [1.165, 1.54) is 0 Å². The van der Waals surface area contributed by atoms with Gasteiger partial charge in [0.25, 0.3) is 0 Å². The van der Waals surface area contributed by atoms with E-state index in [9.17, 15) is 4.79 Å². The summed E-state index contributed by atoms with van der Waals surface area (Å²) in [6.07, 6.45) is 0. The lowest BCUT2D eigenvalue weighted by Gasteiger charge is -2.16. The summed E-state index contributed by atoms with van der Waals surface area (Å²) in [5, 5.41) is 6.73. The second-order valence-electron chi connectivity index (χ2n) is 5.30. The van der Waals surface area contributed by atoms with Crippen LogP contribution in [0, 0.1) is 13.8 Å². The molecule has 0 fully saturated rings. The number of carbonyl (C=O) groups is 1. The van der Waals surface area contributed by atoms with E-state index < -0.39 is 0 Å². The Morgan fingerprint density at radius 2 is 1.91 bits per heavy atom. The van der Waals surface area contributed by atoms with E-state index in [0.717, 1.165) is 27.0 Å². The first-order chi connectivity index (χ1) is 10.4. The third-order valence-corrected chi connectivity index (χ3v) is 4.39. The van der Waals surface area contributed by atoms with Crippen molar-refractivity contribution >= 4 is 44.8 Å². The van der Waals surface area contributed by atoms with Gasteiger partial charge in [-0.3, -0.25) is 4.79 Å². The average Bonchev–Trinajstić information content (AvgIpc) is 2.45. The van der Waals surface area contributed by atoms with Crippen LogP contribution in [0.1, 0.15) is 18.1 Å². The zero-order chi connectivity index (χ0) is 16.3. The predicted octanol–water partition coefficient (Wildman–Crippen LogP) is 5.16. The number of nitrogens with one attached hydrogen (secondary N) is 2. The van der Waals surface area contributed by atoms with Crippen LogP contribution in [0.4, 0.5) is 11.4 Å². The van der Waals surface area contributed by atoms with Gasteiger partial charge in [0, 0.05) is 15.2 Å². The van der Waals surface area contributed by atoms with Crippen molar-refractivity contribution in [2.75, 3.05) is 10.6 Å². The largest absolute Gasteiger partial charge is 0.374 e. The first-order valence-electron chi connectivity index (χ1n) is 6.96. The minimum Gasteiger partial charge on any atom is -0.374 e. The molecule has 2 aromatic carbocycles. The molecule has 0 radical (unpaired) electrons. The molecular weight excluding hydrogens is 364 g/mol. The standard InChI is InChI=1S/C17H18BrClN2O/c1-10-4-7-16(14(18)8-10)21-17(22)12(3)20-13-6-5-11(2)15(19)9-13/h4-9,12,20H,1-3H3,(H,21,22). The normalized spacial score (nSPS) is 11.9. The van der Waals surface area contributed by atoms with E-state index in [1.54, 1.807) is 0 Å². The zero-order valence-electron chi connectivity index (χ0n) is 12.7. The molecule has 1 unspecified atom stereocenters. The van der Waals surface area contributed by atoms with Crippen molar-refractivity contribution < 1.29 is 4.79 Å². The Kier molecular flexibility index (Phi) is 5.48. The van der Waals surface area contributed by atoms with Crippen LogP contribution in [0.2, 0.25) is 5.02 Å². The maximum absolute atomic E-state index is 12.3. The van der Waals surface area contributed by atoms with Gasteiger partial charge in [0.1, 0.15) is 6.04 Å². The quantitative estimate of drug-likeness (QED) is 0.768. The van der Waals surface area contributed by atoms with Crippen LogP contribution in [0.5, 0.6) is 0 Å². The third kappa shape index (κ3) is 4.24. The summed E-state index contributed by atoms with van der Waals surface area (Å²) < 4.78 is 0.867. The van der Waals surface area contributed by atoms with Crippen molar-refractivity contribution in [2.45, 2.75) is 26.8 Å². The van der Waals surface area contributed by atoms with Gasteiger partial charge >= 0.3 is 0 Å². The van der Waals surface area contributed by atoms with Crippen LogP contribution in [0.15, 0.2) is 40.9 Å². The number of anilines is 2. The van der Waals surface area contributed by atoms with Crippen molar-refractivity contribution in [1.82, 2.24) is 0 Å². The first kappa shape index (κ1) is 16.8. The van der Waals surface area contributed by atoms with E-state index in [2.05, 4.69) is 26.6 Å². The molecule has 0 aliphatic carbocycles. The number of halogens is 2. The molecule has 2 rings (SSSR count). The molecule has 0 aliphatic heterocycles. The van der Waals surface area contributed by atoms with Crippen molar-refractivity contribution in [3.8, 4) is 0 Å². The molecule has 0 saturated heterocycles. The van der Waals surface area contributed by atoms with Crippen LogP contribution in [0.25, 0.3) is 0 Å². The number of benzene rings is 2. The van der Waals surface area contributed by atoms with Gasteiger partial charge in [-0.05, 0) is 72.1 Å². The molecule has 0 spiro atoms. The molecule has 2 aromatic rings. The summed E-state index contributed by atoms with van der Waals surface area (Å²) in [4.78, 5) is 12.3. The fourth-order valence-electron chi connectivity index (χ4n) is 1.96. The summed E-state index contributed by atoms with van der Waals surface area (Å²) >= 11 is 9.55. The van der Waals surface area contributed by atoms with Crippen molar-refractivity contribution in [3.05, 3.63) is 57.0 Å². The molecule has 1 atom stereocenters. The molecule has 3 nitrogen and oxygen atoms in total. The summed E-state index contributed by atoms with van der Waals surface area (Å²) in [5.41, 5.74) is 3.71. The lowest BCUT2D eigenvalue weighted by molar-refractivity contribution is -0.116. The molecule has 0 bridgehead atoms. The number of amides is 1. The van der Waals surface area contributed by atoms with Crippen molar-refractivity contribution in [1.29, 1.82) is 0 Å². The van der Waals surface area contributed by atoms with E-state index >= 15 is 0 Å². The highest BCUT2D eigenvalue weighted by Gasteiger charge is 2.14. The summed E-state index contributed by atoms with van der Waals surface area (Å²) in [6.45, 7) is 5.75. The Bertz CT molecular complexity index is 703. The number of carbonyl (C=O) groups excluding carboxylic acids is 1. The Morgan fingerprint density at radius 1 is 1.18 bits per heavy atom. The molecule has 0 heterocycles. The first-order valence-corrected chi connectivity index (χ1v) is 8.13. The van der Waals surface area contributed by atoms with Gasteiger partial charge in [-0.2, -0.15) is 0 Å². The highest BCUT2D eigenvalue weighted by Crippen LogP contribution is 2.24. The van der Waals surface area contributed by atoms with E-state index in [4.69, 9.17) is 11.6 Å². The zero-order valence-corrected chi connectivity index (χ0v) is 15.0. The number of rotatable bonds is 4. The van der Waals surface area contributed by atoms with Gasteiger partial charge in [0.05, 0.1) is 5.69 Å². The summed E-state index contributed by atoms with van der Waals surface area (Å²) in [6, 6.07) is 11.1. The fraction of sp³-hybridized carbons (Fsp3) is 0.235. The molecule has 116 valence electrons. The van der Waals surface area contributed by atoms with Gasteiger partial charge in [-0.1, -0.05) is 23.7 Å². The molecule has 0 aromatic heterocycles. The van der Waals surface area contributed by atoms with Crippen LogP contribution < -0.4 is 10.6 Å². The Labute approximate surface area is 144 Å². The molecule has 1 amide bonds. The molecule has 0 saturated carbocycles. The maximum Gasteiger partial charge on any atom is 0.246 e. The highest BCUT2D eigenvalue weighted by molar-refractivity contribution is 9.10. The lowest BCUT2D eigenvalue weighted by atomic mass is 10.2. The average molecular weight is 382 g/mol. The SMILES string of the molecule is Cc1ccc(NC(=O)C(C)Nc2ccc(C)c(Cl)c2)c(Br)c1. The maximum atomic E-state index is 12.3. The second kappa shape index (κ2) is 7.16. The molecule has 2 N–H and O–H groups in total. The van der Waals surface area contributed by atoms with Crippen LogP contribution in [0.3, 0.4) is 0 Å². The van der Waals surface area contributed by atoms with Gasteiger partial charge in [0.15, 0.2) is 0 Å². The summed E-state index contributed by atoms with van der Waals surface area (Å²) in [7, 11) is 0. The Morgan fingerprint density at radius 3 is 2.55 bits per heavy atom. The van der Waals surface area contributed by atoms with Crippen LogP contribution in [-0.4, -0.2) is 11.9 Å². The predicted molar refractivity (Wildman–Crippen MR) is 96.8 cm³/mol. The highest BCUT2D eigenvalue weighted by atomic mass is 79.9. The van der Waals surface area contributed by atoms with Gasteiger partial charge < -0.3 is 10.6 Å². The molecule has 22 heavy (non-hydrogen) atoms. The van der Waals surface area contributed by atoms with Crippen molar-refractivity contribution in [3.63, 3.8) is 0 Å². The Hall–Kier alpha value is -1.52. The number of aryl methyl sites for hydroxylation is 2. The lowest BCUT2D eigenvalue weighted by Crippen LogP contribution is -2.32. The van der Waals surface area contributed by atoms with Gasteiger partial charge in [-0.25, -0.2) is 0 Å². The van der Waals surface area contributed by atoms with Crippen LogP contribution >= 0.6 is 27.5 Å². The van der Waals surface area contributed by atoms with E-state index in [-0.39, 0.29) is 11.9 Å². The topological polar surface area (TPSA) is 41.1 Å². The fourth-order valence-corrected chi connectivity index (χ4v) is 2.73.